The second-order valence-corrected chi connectivity index (χ2v) is 9.90. The van der Waals surface area contributed by atoms with Crippen LogP contribution in [0.2, 0.25) is 0 Å². The van der Waals surface area contributed by atoms with Crippen molar-refractivity contribution < 1.29 is 9.53 Å². The van der Waals surface area contributed by atoms with Crippen molar-refractivity contribution in [2.45, 2.75) is 46.1 Å². The number of thioether (sulfide) groups is 1. The van der Waals surface area contributed by atoms with E-state index in [1.807, 2.05) is 43.5 Å². The van der Waals surface area contributed by atoms with Gasteiger partial charge in [-0.05, 0) is 54.3 Å². The standard InChI is InChI=1S/C28H29N5O2S/c1-4-18(3)20-10-7-9-13-24(20)35-15-14-32-17-19(21-11-6-8-12-23(21)32)16-22-26(29)33-28(30-27(22)34)36-25(5-2)31-33/h6-13,16-18,29H,4-5,14-15H2,1-3H3/b22-16+,29-26?. The molecule has 0 saturated heterocycles. The van der Waals surface area contributed by atoms with Crippen molar-refractivity contribution in [2.24, 2.45) is 10.1 Å². The van der Waals surface area contributed by atoms with E-state index in [4.69, 9.17) is 10.1 Å². The molecule has 184 valence electrons. The van der Waals surface area contributed by atoms with Crippen molar-refractivity contribution in [2.75, 3.05) is 6.61 Å². The lowest BCUT2D eigenvalue weighted by molar-refractivity contribution is -0.114. The first-order chi connectivity index (χ1) is 17.5. The number of amidine groups is 2. The molecule has 7 nitrogen and oxygen atoms in total. The number of rotatable bonds is 8. The fourth-order valence-electron chi connectivity index (χ4n) is 4.40. The molecule has 1 atom stereocenters. The van der Waals surface area contributed by atoms with Crippen LogP contribution in [0.1, 0.15) is 50.7 Å². The van der Waals surface area contributed by atoms with E-state index < -0.39 is 5.91 Å². The predicted octanol–water partition coefficient (Wildman–Crippen LogP) is 6.26. The Morgan fingerprint density at radius 1 is 1.14 bits per heavy atom. The third-order valence-electron chi connectivity index (χ3n) is 6.57. The van der Waals surface area contributed by atoms with E-state index in [0.29, 0.717) is 24.2 Å². The summed E-state index contributed by atoms with van der Waals surface area (Å²) in [6.07, 6.45) is 5.56. The molecule has 3 aromatic rings. The van der Waals surface area contributed by atoms with Crippen LogP contribution in [0.5, 0.6) is 5.75 Å². The second kappa shape index (κ2) is 10.1. The Morgan fingerprint density at radius 2 is 1.92 bits per heavy atom. The fraction of sp³-hybridized carbons (Fsp3) is 0.286. The minimum atomic E-state index is -0.409. The van der Waals surface area contributed by atoms with Gasteiger partial charge < -0.3 is 9.30 Å². The Bertz CT molecular complexity index is 1430. The Kier molecular flexibility index (Phi) is 6.78. The molecule has 1 N–H and O–H groups in total. The summed E-state index contributed by atoms with van der Waals surface area (Å²) in [6, 6.07) is 16.3. The normalized spacial score (nSPS) is 17.4. The zero-order valence-corrected chi connectivity index (χ0v) is 21.5. The minimum absolute atomic E-state index is 0.0581. The highest BCUT2D eigenvalue weighted by Crippen LogP contribution is 2.31. The number of amides is 1. The third-order valence-corrected chi connectivity index (χ3v) is 7.62. The largest absolute Gasteiger partial charge is 0.491 e. The van der Waals surface area contributed by atoms with Gasteiger partial charge in [0.25, 0.3) is 5.91 Å². The van der Waals surface area contributed by atoms with Gasteiger partial charge in [0.15, 0.2) is 5.84 Å². The summed E-state index contributed by atoms with van der Waals surface area (Å²) in [6.45, 7) is 7.56. The number of carbonyl (C=O) groups excluding carboxylic acids is 1. The number of fused-ring (bicyclic) bond motifs is 2. The number of hydrogen-bond acceptors (Lipinski definition) is 5. The molecule has 0 spiro atoms. The van der Waals surface area contributed by atoms with Crippen LogP contribution in [-0.4, -0.2) is 38.1 Å². The SMILES string of the molecule is CCC1=NN2C(=N)/C(=C\c3cn(CCOc4ccccc4C(C)CC)c4ccccc34)C(=O)N=C2S1. The van der Waals surface area contributed by atoms with E-state index in [0.717, 1.165) is 40.1 Å². The molecule has 2 aliphatic rings. The maximum Gasteiger partial charge on any atom is 0.283 e. The van der Waals surface area contributed by atoms with E-state index in [1.165, 1.54) is 22.3 Å². The van der Waals surface area contributed by atoms with Crippen molar-refractivity contribution in [3.8, 4) is 5.75 Å². The molecule has 0 fully saturated rings. The number of nitrogens with one attached hydrogen (secondary N) is 1. The summed E-state index contributed by atoms with van der Waals surface area (Å²) in [5, 5.41) is 16.8. The molecule has 1 amide bonds. The van der Waals surface area contributed by atoms with E-state index in [2.05, 4.69) is 46.7 Å². The van der Waals surface area contributed by atoms with Crippen LogP contribution in [0.25, 0.3) is 17.0 Å². The van der Waals surface area contributed by atoms with Gasteiger partial charge >= 0.3 is 0 Å². The van der Waals surface area contributed by atoms with Gasteiger partial charge in [0.05, 0.1) is 12.1 Å². The molecular formula is C28H29N5O2S. The number of benzene rings is 2. The summed E-state index contributed by atoms with van der Waals surface area (Å²) in [7, 11) is 0. The molecule has 8 heteroatoms. The molecular weight excluding hydrogens is 470 g/mol. The maximum absolute atomic E-state index is 12.8. The second-order valence-electron chi connectivity index (χ2n) is 8.86. The highest BCUT2D eigenvalue weighted by molar-refractivity contribution is 8.26. The first kappa shape index (κ1) is 24.1. The van der Waals surface area contributed by atoms with E-state index in [9.17, 15) is 4.79 Å². The van der Waals surface area contributed by atoms with Crippen LogP contribution < -0.4 is 4.74 Å². The van der Waals surface area contributed by atoms with E-state index in [-0.39, 0.29) is 11.4 Å². The van der Waals surface area contributed by atoms with Gasteiger partial charge in [0.1, 0.15) is 17.4 Å². The first-order valence-electron chi connectivity index (χ1n) is 12.3. The van der Waals surface area contributed by atoms with E-state index in [1.54, 1.807) is 6.08 Å². The zero-order valence-electron chi connectivity index (χ0n) is 20.7. The monoisotopic (exact) mass is 499 g/mol. The molecule has 0 saturated carbocycles. The Labute approximate surface area is 215 Å². The number of hydrogen-bond donors (Lipinski definition) is 1. The maximum atomic E-state index is 12.8. The first-order valence-corrected chi connectivity index (χ1v) is 13.1. The van der Waals surface area contributed by atoms with Crippen molar-refractivity contribution >= 4 is 50.7 Å². The van der Waals surface area contributed by atoms with Crippen LogP contribution >= 0.6 is 11.8 Å². The summed E-state index contributed by atoms with van der Waals surface area (Å²) in [5.74, 6) is 1.01. The van der Waals surface area contributed by atoms with Crippen LogP contribution in [0.4, 0.5) is 0 Å². The average Bonchev–Trinajstić information content (AvgIpc) is 3.48. The number of ether oxygens (including phenoxy) is 1. The summed E-state index contributed by atoms with van der Waals surface area (Å²) >= 11 is 1.35. The van der Waals surface area contributed by atoms with Crippen LogP contribution in [-0.2, 0) is 11.3 Å². The van der Waals surface area contributed by atoms with Gasteiger partial charge in [0.2, 0.25) is 5.17 Å². The van der Waals surface area contributed by atoms with Gasteiger partial charge in [-0.2, -0.15) is 15.1 Å². The fourth-order valence-corrected chi connectivity index (χ4v) is 5.22. The number of nitrogens with zero attached hydrogens (tertiary/aromatic N) is 4. The molecule has 5 rings (SSSR count). The molecule has 2 aliphatic heterocycles. The van der Waals surface area contributed by atoms with Crippen molar-refractivity contribution in [3.63, 3.8) is 0 Å². The van der Waals surface area contributed by atoms with Crippen LogP contribution in [0, 0.1) is 5.41 Å². The topological polar surface area (TPSA) is 83.0 Å². The Balaban J connectivity index is 1.41. The van der Waals surface area contributed by atoms with Gasteiger partial charge in [-0.25, -0.2) is 0 Å². The highest BCUT2D eigenvalue weighted by Gasteiger charge is 2.35. The van der Waals surface area contributed by atoms with Gasteiger partial charge in [-0.1, -0.05) is 57.2 Å². The number of hydrazone groups is 1. The van der Waals surface area contributed by atoms with Crippen molar-refractivity contribution in [1.29, 1.82) is 5.41 Å². The molecule has 36 heavy (non-hydrogen) atoms. The van der Waals surface area contributed by atoms with Crippen LogP contribution in [0.15, 0.2) is 70.4 Å². The number of carbonyl (C=O) groups is 1. The molecule has 1 unspecified atom stereocenters. The number of aliphatic imine (C=N–C) groups is 1. The Morgan fingerprint density at radius 3 is 2.72 bits per heavy atom. The zero-order chi connectivity index (χ0) is 25.2. The van der Waals surface area contributed by atoms with Crippen molar-refractivity contribution in [1.82, 2.24) is 9.58 Å². The third kappa shape index (κ3) is 4.48. The lowest BCUT2D eigenvalue weighted by Crippen LogP contribution is -2.35. The molecule has 0 radical (unpaired) electrons. The lowest BCUT2D eigenvalue weighted by Gasteiger charge is -2.20. The summed E-state index contributed by atoms with van der Waals surface area (Å²) in [4.78, 5) is 17.0. The predicted molar refractivity (Wildman–Crippen MR) is 148 cm³/mol. The highest BCUT2D eigenvalue weighted by atomic mass is 32.2. The smallest absolute Gasteiger partial charge is 0.283 e. The van der Waals surface area contributed by atoms with Gasteiger partial charge in [-0.15, -0.1) is 0 Å². The van der Waals surface area contributed by atoms with Crippen LogP contribution in [0.3, 0.4) is 0 Å². The molecule has 2 aromatic carbocycles. The molecule has 3 heterocycles. The lowest BCUT2D eigenvalue weighted by atomic mass is 9.98. The molecule has 0 bridgehead atoms. The van der Waals surface area contributed by atoms with Crippen molar-refractivity contribution in [3.05, 3.63) is 71.4 Å². The van der Waals surface area contributed by atoms with E-state index >= 15 is 0 Å². The van der Waals surface area contributed by atoms with Gasteiger partial charge in [-0.3, -0.25) is 10.2 Å². The molecule has 1 aromatic heterocycles. The molecule has 0 aliphatic carbocycles. The summed E-state index contributed by atoms with van der Waals surface area (Å²) in [5.41, 5.74) is 3.38. The average molecular weight is 500 g/mol. The Hall–Kier alpha value is -3.65. The van der Waals surface area contributed by atoms with Gasteiger partial charge in [0, 0.05) is 22.7 Å². The quantitative estimate of drug-likeness (QED) is 0.371. The summed E-state index contributed by atoms with van der Waals surface area (Å²) < 4.78 is 8.35. The number of aromatic nitrogens is 1. The number of para-hydroxylation sites is 2. The minimum Gasteiger partial charge on any atom is -0.491 e.